The number of aromatic nitrogens is 1. The van der Waals surface area contributed by atoms with Crippen molar-refractivity contribution in [3.63, 3.8) is 0 Å². The van der Waals surface area contributed by atoms with E-state index in [0.29, 0.717) is 31.7 Å². The van der Waals surface area contributed by atoms with Crippen molar-refractivity contribution in [3.05, 3.63) is 16.1 Å². The third-order valence-electron chi connectivity index (χ3n) is 4.47. The summed E-state index contributed by atoms with van der Waals surface area (Å²) < 4.78 is 0. The van der Waals surface area contributed by atoms with E-state index in [1.807, 2.05) is 6.92 Å². The van der Waals surface area contributed by atoms with E-state index in [0.717, 1.165) is 30.7 Å². The first-order valence-corrected chi connectivity index (χ1v) is 9.67. The number of amides is 2. The first-order chi connectivity index (χ1) is 11.6. The molecule has 0 spiro atoms. The van der Waals surface area contributed by atoms with E-state index in [-0.39, 0.29) is 36.2 Å². The maximum atomic E-state index is 12.8. The summed E-state index contributed by atoms with van der Waals surface area (Å²) in [6.07, 6.45) is 4.41. The molecule has 8 heteroatoms. The predicted molar refractivity (Wildman–Crippen MR) is 103 cm³/mol. The Labute approximate surface area is 160 Å². The molecule has 0 bridgehead atoms. The largest absolute Gasteiger partial charge is 0.356 e. The molecule has 1 fully saturated rings. The van der Waals surface area contributed by atoms with Crippen molar-refractivity contribution < 1.29 is 9.59 Å². The van der Waals surface area contributed by atoms with E-state index in [4.69, 9.17) is 5.73 Å². The highest BCUT2D eigenvalue weighted by Crippen LogP contribution is 2.24. The van der Waals surface area contributed by atoms with Gasteiger partial charge in [0.15, 0.2) is 0 Å². The molecule has 142 valence electrons. The summed E-state index contributed by atoms with van der Waals surface area (Å²) >= 11 is 1.47. The summed E-state index contributed by atoms with van der Waals surface area (Å²) in [4.78, 5) is 31.2. The molecule has 1 aromatic heterocycles. The fraction of sp³-hybridized carbons (Fsp3) is 0.706. The van der Waals surface area contributed by atoms with Crippen LogP contribution in [0.4, 0.5) is 0 Å². The molecule has 0 aromatic carbocycles. The SMILES string of the molecule is CCCCNC(=O)C1CCC(C)N(C(=O)c2csc(CCN)n2)C1.Cl. The summed E-state index contributed by atoms with van der Waals surface area (Å²) in [5.74, 6) is -0.132. The Hall–Kier alpha value is -1.18. The van der Waals surface area contributed by atoms with Crippen LogP contribution in [-0.2, 0) is 11.2 Å². The molecular formula is C17H29ClN4O2S. The van der Waals surface area contributed by atoms with E-state index in [1.54, 1.807) is 10.3 Å². The Morgan fingerprint density at radius 2 is 2.20 bits per heavy atom. The molecule has 2 heterocycles. The lowest BCUT2D eigenvalue weighted by molar-refractivity contribution is -0.126. The molecule has 0 saturated carbocycles. The molecule has 25 heavy (non-hydrogen) atoms. The minimum atomic E-state index is -0.121. The quantitative estimate of drug-likeness (QED) is 0.701. The number of hydrogen-bond acceptors (Lipinski definition) is 5. The summed E-state index contributed by atoms with van der Waals surface area (Å²) in [6, 6.07) is 0.136. The van der Waals surface area contributed by atoms with E-state index < -0.39 is 0 Å². The van der Waals surface area contributed by atoms with Gasteiger partial charge >= 0.3 is 0 Å². The van der Waals surface area contributed by atoms with Gasteiger partial charge in [0.2, 0.25) is 5.91 Å². The van der Waals surface area contributed by atoms with Crippen molar-refractivity contribution in [1.82, 2.24) is 15.2 Å². The lowest BCUT2D eigenvalue weighted by atomic mass is 9.92. The van der Waals surface area contributed by atoms with Gasteiger partial charge in [0, 0.05) is 30.9 Å². The summed E-state index contributed by atoms with van der Waals surface area (Å²) in [5, 5.41) is 5.67. The van der Waals surface area contributed by atoms with Gasteiger partial charge in [0.05, 0.1) is 10.9 Å². The Balaban J connectivity index is 0.00000312. The van der Waals surface area contributed by atoms with Crippen LogP contribution in [0.15, 0.2) is 5.38 Å². The molecular weight excluding hydrogens is 360 g/mol. The average Bonchev–Trinajstić information content (AvgIpc) is 3.04. The van der Waals surface area contributed by atoms with Crippen molar-refractivity contribution in [2.75, 3.05) is 19.6 Å². The Morgan fingerprint density at radius 1 is 1.44 bits per heavy atom. The van der Waals surface area contributed by atoms with Crippen LogP contribution in [0.25, 0.3) is 0 Å². The van der Waals surface area contributed by atoms with Crippen molar-refractivity contribution >= 4 is 35.6 Å². The summed E-state index contributed by atoms with van der Waals surface area (Å²) in [6.45, 7) is 5.85. The standard InChI is InChI=1S/C17H28N4O2S.ClH/c1-3-4-9-19-16(22)13-6-5-12(2)21(10-13)17(23)14-11-24-15(20-14)7-8-18;/h11-13H,3-10,18H2,1-2H3,(H,19,22);1H. The van der Waals surface area contributed by atoms with E-state index in [9.17, 15) is 9.59 Å². The van der Waals surface area contributed by atoms with Gasteiger partial charge in [-0.05, 0) is 32.7 Å². The van der Waals surface area contributed by atoms with Gasteiger partial charge in [-0.1, -0.05) is 13.3 Å². The Bertz CT molecular complexity index is 567. The van der Waals surface area contributed by atoms with Crippen LogP contribution in [0.2, 0.25) is 0 Å². The van der Waals surface area contributed by atoms with E-state index in [2.05, 4.69) is 17.2 Å². The number of nitrogens with zero attached hydrogens (tertiary/aromatic N) is 2. The van der Waals surface area contributed by atoms with Gasteiger partial charge in [-0.3, -0.25) is 9.59 Å². The second-order valence-corrected chi connectivity index (χ2v) is 7.33. The Morgan fingerprint density at radius 3 is 2.88 bits per heavy atom. The first-order valence-electron chi connectivity index (χ1n) is 8.80. The lowest BCUT2D eigenvalue weighted by Gasteiger charge is -2.37. The van der Waals surface area contributed by atoms with Crippen LogP contribution < -0.4 is 11.1 Å². The van der Waals surface area contributed by atoms with Crippen molar-refractivity contribution in [2.24, 2.45) is 11.7 Å². The minimum absolute atomic E-state index is 0. The molecule has 2 unspecified atom stereocenters. The van der Waals surface area contributed by atoms with Gasteiger partial charge in [-0.15, -0.1) is 23.7 Å². The van der Waals surface area contributed by atoms with Gasteiger partial charge in [0.25, 0.3) is 5.91 Å². The highest BCUT2D eigenvalue weighted by atomic mass is 35.5. The molecule has 1 saturated heterocycles. The predicted octanol–water partition coefficient (Wildman–Crippen LogP) is 2.22. The molecule has 3 N–H and O–H groups in total. The zero-order chi connectivity index (χ0) is 17.5. The van der Waals surface area contributed by atoms with Crippen LogP contribution in [0.3, 0.4) is 0 Å². The zero-order valence-electron chi connectivity index (χ0n) is 15.0. The monoisotopic (exact) mass is 388 g/mol. The molecule has 1 aromatic rings. The molecule has 0 radical (unpaired) electrons. The maximum Gasteiger partial charge on any atom is 0.273 e. The van der Waals surface area contributed by atoms with Crippen LogP contribution in [-0.4, -0.2) is 47.4 Å². The van der Waals surface area contributed by atoms with E-state index in [1.165, 1.54) is 11.3 Å². The maximum absolute atomic E-state index is 12.8. The van der Waals surface area contributed by atoms with Crippen molar-refractivity contribution in [2.45, 2.75) is 52.0 Å². The number of piperidine rings is 1. The van der Waals surface area contributed by atoms with E-state index >= 15 is 0 Å². The second kappa shape index (κ2) is 10.7. The lowest BCUT2D eigenvalue weighted by Crippen LogP contribution is -2.49. The number of nitrogens with two attached hydrogens (primary N) is 1. The highest BCUT2D eigenvalue weighted by Gasteiger charge is 2.33. The molecule has 1 aliphatic heterocycles. The fourth-order valence-electron chi connectivity index (χ4n) is 2.93. The van der Waals surface area contributed by atoms with Crippen LogP contribution >= 0.6 is 23.7 Å². The number of nitrogens with one attached hydrogen (secondary N) is 1. The average molecular weight is 389 g/mol. The number of hydrogen-bond donors (Lipinski definition) is 2. The summed E-state index contributed by atoms with van der Waals surface area (Å²) in [7, 11) is 0. The second-order valence-electron chi connectivity index (χ2n) is 6.39. The summed E-state index contributed by atoms with van der Waals surface area (Å²) in [5.41, 5.74) is 6.01. The van der Waals surface area contributed by atoms with Gasteiger partial charge in [-0.25, -0.2) is 4.98 Å². The van der Waals surface area contributed by atoms with Crippen LogP contribution in [0.5, 0.6) is 0 Å². The smallest absolute Gasteiger partial charge is 0.273 e. The Kier molecular flexibility index (Phi) is 9.38. The third kappa shape index (κ3) is 5.94. The molecule has 2 rings (SSSR count). The molecule has 2 atom stereocenters. The normalized spacial score (nSPS) is 20.0. The van der Waals surface area contributed by atoms with Gasteiger partial charge in [-0.2, -0.15) is 0 Å². The number of unbranched alkanes of at least 4 members (excludes halogenated alkanes) is 1. The molecule has 6 nitrogen and oxygen atoms in total. The van der Waals surface area contributed by atoms with Crippen molar-refractivity contribution in [3.8, 4) is 0 Å². The first kappa shape index (κ1) is 21.9. The number of carbonyl (C=O) groups excluding carboxylic acids is 2. The fourth-order valence-corrected chi connectivity index (χ4v) is 3.72. The number of likely N-dealkylation sites (tertiary alicyclic amines) is 1. The minimum Gasteiger partial charge on any atom is -0.356 e. The number of carbonyl (C=O) groups is 2. The highest BCUT2D eigenvalue weighted by molar-refractivity contribution is 7.09. The number of rotatable bonds is 7. The zero-order valence-corrected chi connectivity index (χ0v) is 16.6. The van der Waals surface area contributed by atoms with Crippen molar-refractivity contribution in [1.29, 1.82) is 0 Å². The molecule has 1 aliphatic rings. The molecule has 0 aliphatic carbocycles. The van der Waals surface area contributed by atoms with Gasteiger partial charge < -0.3 is 16.0 Å². The topological polar surface area (TPSA) is 88.3 Å². The number of halogens is 1. The third-order valence-corrected chi connectivity index (χ3v) is 5.38. The van der Waals surface area contributed by atoms with Gasteiger partial charge in [0.1, 0.15) is 5.69 Å². The van der Waals surface area contributed by atoms with Crippen LogP contribution in [0, 0.1) is 5.92 Å². The molecule has 2 amide bonds. The number of thiazole rings is 1. The van der Waals surface area contributed by atoms with Crippen LogP contribution in [0.1, 0.15) is 55.0 Å².